The predicted octanol–water partition coefficient (Wildman–Crippen LogP) is 2.52. The van der Waals surface area contributed by atoms with Crippen LogP contribution in [0.1, 0.15) is 25.3 Å². The van der Waals surface area contributed by atoms with Crippen LogP contribution >= 0.6 is 0 Å². The van der Waals surface area contributed by atoms with Crippen molar-refractivity contribution in [1.29, 1.82) is 0 Å². The molecule has 0 aromatic heterocycles. The van der Waals surface area contributed by atoms with Crippen molar-refractivity contribution in [3.05, 3.63) is 60.2 Å². The second-order valence-electron chi connectivity index (χ2n) is 6.56. The minimum Gasteiger partial charge on any atom is -0.476 e. The molecule has 0 fully saturated rings. The highest BCUT2D eigenvalue weighted by molar-refractivity contribution is 7.92. The van der Waals surface area contributed by atoms with E-state index in [4.69, 9.17) is 4.74 Å². The fourth-order valence-corrected chi connectivity index (χ4v) is 4.15. The first-order valence-corrected chi connectivity index (χ1v) is 10.6. The van der Waals surface area contributed by atoms with Gasteiger partial charge in [-0.1, -0.05) is 49.4 Å². The van der Waals surface area contributed by atoms with Crippen molar-refractivity contribution >= 4 is 21.6 Å². The normalized spacial score (nSPS) is 17.6. The molecule has 1 aliphatic rings. The number of carbonyl (C=O) groups is 1. The number of rotatable bonds is 6. The maximum Gasteiger partial charge on any atom is 0.263 e. The Labute approximate surface area is 160 Å². The average Bonchev–Trinajstić information content (AvgIpc) is 2.71. The minimum atomic E-state index is -3.50. The smallest absolute Gasteiger partial charge is 0.263 e. The number of amides is 1. The zero-order chi connectivity index (χ0) is 19.4. The van der Waals surface area contributed by atoms with Gasteiger partial charge in [-0.2, -0.15) is 0 Å². The average molecular weight is 388 g/mol. The molecule has 0 spiro atoms. The van der Waals surface area contributed by atoms with E-state index >= 15 is 0 Å². The van der Waals surface area contributed by atoms with Crippen LogP contribution in [0, 0.1) is 0 Å². The number of anilines is 1. The van der Waals surface area contributed by atoms with Crippen molar-refractivity contribution in [2.75, 3.05) is 23.1 Å². The highest BCUT2D eigenvalue weighted by Crippen LogP contribution is 2.35. The number of fused-ring (bicyclic) bond motifs is 1. The van der Waals surface area contributed by atoms with Gasteiger partial charge < -0.3 is 10.1 Å². The molecule has 0 bridgehead atoms. The van der Waals surface area contributed by atoms with Crippen LogP contribution in [0.15, 0.2) is 54.6 Å². The summed E-state index contributed by atoms with van der Waals surface area (Å²) >= 11 is 0. The molecule has 2 atom stereocenters. The van der Waals surface area contributed by atoms with Crippen LogP contribution in [-0.4, -0.2) is 39.3 Å². The Balaban J connectivity index is 1.72. The summed E-state index contributed by atoms with van der Waals surface area (Å²) in [5, 5.41) is 2.89. The van der Waals surface area contributed by atoms with Crippen LogP contribution < -0.4 is 14.4 Å². The molecular formula is C20H24N2O4S. The zero-order valence-electron chi connectivity index (χ0n) is 15.5. The first kappa shape index (κ1) is 19.2. The third-order valence-electron chi connectivity index (χ3n) is 4.68. The van der Waals surface area contributed by atoms with E-state index in [-0.39, 0.29) is 24.1 Å². The van der Waals surface area contributed by atoms with E-state index in [1.165, 1.54) is 4.31 Å². The van der Waals surface area contributed by atoms with E-state index in [1.54, 1.807) is 31.2 Å². The van der Waals surface area contributed by atoms with Gasteiger partial charge in [-0.15, -0.1) is 0 Å². The van der Waals surface area contributed by atoms with Gasteiger partial charge in [0.15, 0.2) is 6.10 Å². The lowest BCUT2D eigenvalue weighted by molar-refractivity contribution is -0.127. The number of nitrogens with zero attached hydrogens (tertiary/aromatic N) is 1. The monoisotopic (exact) mass is 388 g/mol. The van der Waals surface area contributed by atoms with Crippen LogP contribution in [0.25, 0.3) is 0 Å². The summed E-state index contributed by atoms with van der Waals surface area (Å²) in [7, 11) is -3.50. The lowest BCUT2D eigenvalue weighted by Crippen LogP contribution is -2.51. The van der Waals surface area contributed by atoms with Crippen LogP contribution in [0.5, 0.6) is 5.75 Å². The maximum absolute atomic E-state index is 12.6. The summed E-state index contributed by atoms with van der Waals surface area (Å²) in [4.78, 5) is 12.6. The molecule has 0 saturated carbocycles. The highest BCUT2D eigenvalue weighted by Gasteiger charge is 2.35. The molecule has 0 unspecified atom stereocenters. The van der Waals surface area contributed by atoms with Gasteiger partial charge in [-0.25, -0.2) is 8.42 Å². The van der Waals surface area contributed by atoms with Gasteiger partial charge in [0.1, 0.15) is 5.75 Å². The summed E-state index contributed by atoms with van der Waals surface area (Å²) in [5.41, 5.74) is 1.60. The Morgan fingerprint density at radius 1 is 1.19 bits per heavy atom. The molecule has 0 saturated heterocycles. The number of benzene rings is 2. The number of ether oxygens (including phenoxy) is 1. The fraction of sp³-hybridized carbons (Fsp3) is 0.350. The second-order valence-corrected chi connectivity index (χ2v) is 8.74. The van der Waals surface area contributed by atoms with E-state index in [0.29, 0.717) is 18.0 Å². The number of para-hydroxylation sites is 2. The Kier molecular flexibility index (Phi) is 5.70. The molecule has 1 N–H and O–H groups in total. The summed E-state index contributed by atoms with van der Waals surface area (Å²) in [5.74, 6) is 0.183. The number of nitrogens with one attached hydrogen (secondary N) is 1. The van der Waals surface area contributed by atoms with Gasteiger partial charge in [0, 0.05) is 6.54 Å². The van der Waals surface area contributed by atoms with Crippen LogP contribution in [-0.2, 0) is 14.8 Å². The summed E-state index contributed by atoms with van der Waals surface area (Å²) < 4.78 is 32.0. The lowest BCUT2D eigenvalue weighted by atomic mass is 10.0. The molecule has 3 rings (SSSR count). The van der Waals surface area contributed by atoms with Gasteiger partial charge >= 0.3 is 0 Å². The molecular weight excluding hydrogens is 364 g/mol. The zero-order valence-corrected chi connectivity index (χ0v) is 16.3. The van der Waals surface area contributed by atoms with Gasteiger partial charge in [0.2, 0.25) is 10.0 Å². The van der Waals surface area contributed by atoms with Gasteiger partial charge in [0.05, 0.1) is 18.0 Å². The molecule has 0 aliphatic carbocycles. The Morgan fingerprint density at radius 3 is 2.56 bits per heavy atom. The number of hydrogen-bond acceptors (Lipinski definition) is 4. The molecule has 1 heterocycles. The van der Waals surface area contributed by atoms with Crippen molar-refractivity contribution in [1.82, 2.24) is 5.32 Å². The predicted molar refractivity (Wildman–Crippen MR) is 106 cm³/mol. The Bertz CT molecular complexity index is 899. The molecule has 2 aromatic rings. The second kappa shape index (κ2) is 8.00. The van der Waals surface area contributed by atoms with E-state index in [9.17, 15) is 13.2 Å². The van der Waals surface area contributed by atoms with Gasteiger partial charge in [-0.05, 0) is 30.5 Å². The molecule has 7 heteroatoms. The Hall–Kier alpha value is -2.54. The summed E-state index contributed by atoms with van der Waals surface area (Å²) in [6.07, 6.45) is -0.885. The minimum absolute atomic E-state index is 0.0290. The number of hydrogen-bond donors (Lipinski definition) is 1. The largest absolute Gasteiger partial charge is 0.476 e. The van der Waals surface area contributed by atoms with E-state index in [1.807, 2.05) is 37.3 Å². The first-order valence-electron chi connectivity index (χ1n) is 9.01. The van der Waals surface area contributed by atoms with E-state index in [0.717, 1.165) is 5.56 Å². The van der Waals surface area contributed by atoms with Crippen molar-refractivity contribution in [2.45, 2.75) is 25.9 Å². The van der Waals surface area contributed by atoms with Crippen molar-refractivity contribution in [2.24, 2.45) is 0 Å². The topological polar surface area (TPSA) is 75.7 Å². The van der Waals surface area contributed by atoms with Crippen LogP contribution in [0.3, 0.4) is 0 Å². The molecule has 1 amide bonds. The standard InChI is InChI=1S/C20H24N2O4S/c1-3-27(24,25)22-14-19(26-18-12-8-7-11-17(18)22)20(23)21-13-15(2)16-9-5-4-6-10-16/h4-12,15,19H,3,13-14H2,1-2H3,(H,21,23)/t15-,19+/m1/s1. The van der Waals surface area contributed by atoms with Gasteiger partial charge in [0.25, 0.3) is 5.91 Å². The molecule has 1 aliphatic heterocycles. The maximum atomic E-state index is 12.6. The third-order valence-corrected chi connectivity index (χ3v) is 6.43. The van der Waals surface area contributed by atoms with E-state index in [2.05, 4.69) is 5.32 Å². The molecule has 6 nitrogen and oxygen atoms in total. The number of sulfonamides is 1. The van der Waals surface area contributed by atoms with Crippen molar-refractivity contribution < 1.29 is 17.9 Å². The van der Waals surface area contributed by atoms with Crippen molar-refractivity contribution in [3.63, 3.8) is 0 Å². The quantitative estimate of drug-likeness (QED) is 0.825. The van der Waals surface area contributed by atoms with Gasteiger partial charge in [-0.3, -0.25) is 9.10 Å². The summed E-state index contributed by atoms with van der Waals surface area (Å²) in [6.45, 7) is 4.04. The SMILES string of the molecule is CCS(=O)(=O)N1C[C@@H](C(=O)NC[C@@H](C)c2ccccc2)Oc2ccccc21. The molecule has 2 aromatic carbocycles. The highest BCUT2D eigenvalue weighted by atomic mass is 32.2. The lowest BCUT2D eigenvalue weighted by Gasteiger charge is -2.34. The third kappa shape index (κ3) is 4.24. The first-order chi connectivity index (χ1) is 12.9. The molecule has 0 radical (unpaired) electrons. The Morgan fingerprint density at radius 2 is 1.85 bits per heavy atom. The number of carbonyl (C=O) groups excluding carboxylic acids is 1. The molecule has 144 valence electrons. The van der Waals surface area contributed by atoms with Crippen molar-refractivity contribution in [3.8, 4) is 5.75 Å². The summed E-state index contributed by atoms with van der Waals surface area (Å²) in [6, 6.07) is 16.8. The fourth-order valence-electron chi connectivity index (χ4n) is 3.02. The van der Waals surface area contributed by atoms with Crippen LogP contribution in [0.4, 0.5) is 5.69 Å². The van der Waals surface area contributed by atoms with Crippen LogP contribution in [0.2, 0.25) is 0 Å². The van der Waals surface area contributed by atoms with E-state index < -0.39 is 16.1 Å². The molecule has 27 heavy (non-hydrogen) atoms.